The Labute approximate surface area is 129 Å². The first kappa shape index (κ1) is 14.2. The summed E-state index contributed by atoms with van der Waals surface area (Å²) in [6, 6.07) is 8.85. The first-order chi connectivity index (χ1) is 10.6. The Balaban J connectivity index is 1.99. The Morgan fingerprint density at radius 2 is 2.09 bits per heavy atom. The van der Waals surface area contributed by atoms with Gasteiger partial charge in [0.15, 0.2) is 0 Å². The van der Waals surface area contributed by atoms with Crippen LogP contribution in [0.25, 0.3) is 5.65 Å². The molecule has 3 aromatic rings. The third-order valence-corrected chi connectivity index (χ3v) is 3.27. The maximum atomic E-state index is 13.7. The molecular weight excluding hydrogens is 309 g/mol. The zero-order valence-corrected chi connectivity index (χ0v) is 11.8. The van der Waals surface area contributed by atoms with Gasteiger partial charge in [0.05, 0.1) is 5.69 Å². The van der Waals surface area contributed by atoms with Crippen LogP contribution in [-0.4, -0.2) is 15.3 Å². The largest absolute Gasteiger partial charge is 0.319 e. The number of amides is 1. The molecule has 0 aliphatic heterocycles. The van der Waals surface area contributed by atoms with Crippen molar-refractivity contribution >= 4 is 28.8 Å². The minimum absolute atomic E-state index is 0.0630. The molecule has 0 saturated carbocycles. The van der Waals surface area contributed by atoms with E-state index in [1.807, 2.05) is 0 Å². The summed E-state index contributed by atoms with van der Waals surface area (Å²) in [4.78, 5) is 28.4. The lowest BCUT2D eigenvalue weighted by Crippen LogP contribution is -2.26. The van der Waals surface area contributed by atoms with E-state index in [0.29, 0.717) is 5.65 Å². The summed E-state index contributed by atoms with van der Waals surface area (Å²) in [5.41, 5.74) is -0.357. The van der Waals surface area contributed by atoms with E-state index in [-0.39, 0.29) is 16.3 Å². The van der Waals surface area contributed by atoms with Crippen LogP contribution >= 0.6 is 11.6 Å². The topological polar surface area (TPSA) is 63.5 Å². The van der Waals surface area contributed by atoms with Gasteiger partial charge in [-0.05, 0) is 30.3 Å². The van der Waals surface area contributed by atoms with Crippen molar-refractivity contribution in [2.24, 2.45) is 0 Å². The number of pyridine rings is 1. The lowest BCUT2D eigenvalue weighted by molar-refractivity contribution is 0.102. The molecule has 0 radical (unpaired) electrons. The van der Waals surface area contributed by atoms with Crippen LogP contribution in [0, 0.1) is 5.82 Å². The van der Waals surface area contributed by atoms with Crippen molar-refractivity contribution in [2.75, 3.05) is 5.32 Å². The number of hydrogen-bond donors (Lipinski definition) is 1. The molecule has 0 aliphatic rings. The second-order valence-electron chi connectivity index (χ2n) is 4.48. The van der Waals surface area contributed by atoms with Crippen LogP contribution in [0.4, 0.5) is 10.1 Å². The van der Waals surface area contributed by atoms with Gasteiger partial charge >= 0.3 is 0 Å². The summed E-state index contributed by atoms with van der Waals surface area (Å²) in [7, 11) is 0. The van der Waals surface area contributed by atoms with Gasteiger partial charge in [-0.2, -0.15) is 0 Å². The predicted molar refractivity (Wildman–Crippen MR) is 80.8 cm³/mol. The number of fused-ring (bicyclic) bond motifs is 1. The zero-order valence-electron chi connectivity index (χ0n) is 11.1. The van der Waals surface area contributed by atoms with Crippen LogP contribution in [0.3, 0.4) is 0 Å². The minimum Gasteiger partial charge on any atom is -0.319 e. The second-order valence-corrected chi connectivity index (χ2v) is 4.92. The molecule has 0 saturated heterocycles. The molecule has 0 atom stereocenters. The second kappa shape index (κ2) is 5.57. The molecule has 110 valence electrons. The standard InChI is InChI=1S/C15H9ClFN3O2/c16-9-4-5-12(11(17)7-9)19-14(21)10-8-18-13-3-1-2-6-20(13)15(10)22/h1-8H,(H,19,21). The number of aromatic nitrogens is 2. The van der Waals surface area contributed by atoms with E-state index in [2.05, 4.69) is 10.3 Å². The highest BCUT2D eigenvalue weighted by Gasteiger charge is 2.15. The number of nitrogens with zero attached hydrogens (tertiary/aromatic N) is 2. The van der Waals surface area contributed by atoms with Crippen LogP contribution in [0.2, 0.25) is 5.02 Å². The highest BCUT2D eigenvalue weighted by Crippen LogP contribution is 2.19. The molecule has 1 amide bonds. The highest BCUT2D eigenvalue weighted by molar-refractivity contribution is 6.30. The van der Waals surface area contributed by atoms with Crippen LogP contribution in [0.5, 0.6) is 0 Å². The number of nitrogens with one attached hydrogen (secondary N) is 1. The number of anilines is 1. The van der Waals surface area contributed by atoms with Crippen LogP contribution < -0.4 is 10.9 Å². The average Bonchev–Trinajstić information content (AvgIpc) is 2.50. The molecular formula is C15H9ClFN3O2. The number of rotatable bonds is 2. The molecule has 0 unspecified atom stereocenters. The van der Waals surface area contributed by atoms with E-state index in [1.54, 1.807) is 18.2 Å². The van der Waals surface area contributed by atoms with Crippen LogP contribution in [0.1, 0.15) is 10.4 Å². The summed E-state index contributed by atoms with van der Waals surface area (Å²) < 4.78 is 14.9. The van der Waals surface area contributed by atoms with Gasteiger partial charge in [0.1, 0.15) is 17.0 Å². The maximum absolute atomic E-state index is 13.7. The lowest BCUT2D eigenvalue weighted by atomic mass is 10.2. The van der Waals surface area contributed by atoms with Gasteiger partial charge in [0.25, 0.3) is 11.5 Å². The van der Waals surface area contributed by atoms with Gasteiger partial charge in [0, 0.05) is 17.4 Å². The summed E-state index contributed by atoms with van der Waals surface area (Å²) in [6.45, 7) is 0. The molecule has 3 rings (SSSR count). The van der Waals surface area contributed by atoms with E-state index in [0.717, 1.165) is 6.07 Å². The molecule has 7 heteroatoms. The van der Waals surface area contributed by atoms with Crippen molar-refractivity contribution < 1.29 is 9.18 Å². The Bertz CT molecular complexity index is 939. The van der Waals surface area contributed by atoms with E-state index >= 15 is 0 Å². The molecule has 0 bridgehead atoms. The zero-order chi connectivity index (χ0) is 15.7. The first-order valence-electron chi connectivity index (χ1n) is 6.29. The van der Waals surface area contributed by atoms with Crippen LogP contribution in [-0.2, 0) is 0 Å². The third kappa shape index (κ3) is 2.56. The monoisotopic (exact) mass is 317 g/mol. The fourth-order valence-electron chi connectivity index (χ4n) is 1.96. The minimum atomic E-state index is -0.739. The summed E-state index contributed by atoms with van der Waals surface area (Å²) in [5, 5.41) is 2.54. The Hall–Kier alpha value is -2.73. The normalized spacial score (nSPS) is 10.6. The van der Waals surface area contributed by atoms with Gasteiger partial charge in [-0.15, -0.1) is 0 Å². The lowest BCUT2D eigenvalue weighted by Gasteiger charge is -2.07. The van der Waals surface area contributed by atoms with E-state index < -0.39 is 17.3 Å². The van der Waals surface area contributed by atoms with Crippen molar-refractivity contribution in [1.82, 2.24) is 9.38 Å². The Kier molecular flexibility index (Phi) is 3.60. The smallest absolute Gasteiger partial charge is 0.270 e. The molecule has 1 aromatic carbocycles. The fraction of sp³-hybridized carbons (Fsp3) is 0. The number of carbonyl (C=O) groups excluding carboxylic acids is 1. The molecule has 0 fully saturated rings. The third-order valence-electron chi connectivity index (χ3n) is 3.04. The predicted octanol–water partition coefficient (Wildman–Crippen LogP) is 2.74. The number of benzene rings is 1. The highest BCUT2D eigenvalue weighted by atomic mass is 35.5. The summed E-state index contributed by atoms with van der Waals surface area (Å²) >= 11 is 5.65. The summed E-state index contributed by atoms with van der Waals surface area (Å²) in [6.07, 6.45) is 2.67. The molecule has 2 heterocycles. The number of halogens is 2. The van der Waals surface area contributed by atoms with Crippen LogP contribution in [0.15, 0.2) is 53.6 Å². The molecule has 22 heavy (non-hydrogen) atoms. The van der Waals surface area contributed by atoms with Gasteiger partial charge in [-0.1, -0.05) is 17.7 Å². The molecule has 2 aromatic heterocycles. The van der Waals surface area contributed by atoms with Gasteiger partial charge < -0.3 is 5.32 Å². The molecule has 0 aliphatic carbocycles. The van der Waals surface area contributed by atoms with Crippen molar-refractivity contribution in [1.29, 1.82) is 0 Å². The average molecular weight is 318 g/mol. The SMILES string of the molecule is O=C(Nc1ccc(Cl)cc1F)c1cnc2ccccn2c1=O. The van der Waals surface area contributed by atoms with Crippen molar-refractivity contribution in [2.45, 2.75) is 0 Å². The van der Waals surface area contributed by atoms with Gasteiger partial charge in [0.2, 0.25) is 0 Å². The maximum Gasteiger partial charge on any atom is 0.270 e. The molecule has 0 spiro atoms. The van der Waals surface area contributed by atoms with E-state index in [4.69, 9.17) is 11.6 Å². The number of hydrogen-bond acceptors (Lipinski definition) is 3. The summed E-state index contributed by atoms with van der Waals surface area (Å²) in [5.74, 6) is -1.42. The number of carbonyl (C=O) groups is 1. The van der Waals surface area contributed by atoms with Gasteiger partial charge in [-0.25, -0.2) is 9.37 Å². The molecule has 5 nitrogen and oxygen atoms in total. The Morgan fingerprint density at radius 1 is 1.27 bits per heavy atom. The first-order valence-corrected chi connectivity index (χ1v) is 6.67. The molecule has 1 N–H and O–H groups in total. The quantitative estimate of drug-likeness (QED) is 0.790. The van der Waals surface area contributed by atoms with E-state index in [9.17, 15) is 14.0 Å². The van der Waals surface area contributed by atoms with E-state index in [1.165, 1.54) is 28.9 Å². The van der Waals surface area contributed by atoms with Gasteiger partial charge in [-0.3, -0.25) is 14.0 Å². The Morgan fingerprint density at radius 3 is 2.86 bits per heavy atom. The van der Waals surface area contributed by atoms with Crippen molar-refractivity contribution in [3.05, 3.63) is 75.5 Å². The van der Waals surface area contributed by atoms with Crippen molar-refractivity contribution in [3.8, 4) is 0 Å². The van der Waals surface area contributed by atoms with Crippen molar-refractivity contribution in [3.63, 3.8) is 0 Å². The fourth-order valence-corrected chi connectivity index (χ4v) is 2.12.